The first-order valence-corrected chi connectivity index (χ1v) is 6.06. The highest BCUT2D eigenvalue weighted by atomic mass is 16.6. The zero-order valence-electron chi connectivity index (χ0n) is 11.3. The van der Waals surface area contributed by atoms with Crippen LogP contribution in [0.5, 0.6) is 5.75 Å². The van der Waals surface area contributed by atoms with Gasteiger partial charge in [0, 0.05) is 24.9 Å². The van der Waals surface area contributed by atoms with E-state index in [4.69, 9.17) is 4.74 Å². The molecule has 0 aromatic heterocycles. The van der Waals surface area contributed by atoms with Gasteiger partial charge < -0.3 is 10.1 Å². The maximum atomic E-state index is 10.8. The van der Waals surface area contributed by atoms with Gasteiger partial charge in [0.15, 0.2) is 0 Å². The Morgan fingerprint density at radius 3 is 2.50 bits per heavy atom. The van der Waals surface area contributed by atoms with E-state index in [0.29, 0.717) is 17.4 Å². The third kappa shape index (κ3) is 4.24. The van der Waals surface area contributed by atoms with Gasteiger partial charge in [-0.2, -0.15) is 0 Å². The molecule has 0 aliphatic carbocycles. The fraction of sp³-hybridized carbons (Fsp3) is 0.538. The number of non-ortho nitro benzene ring substituents is 1. The number of rotatable bonds is 6. The van der Waals surface area contributed by atoms with Crippen LogP contribution >= 0.6 is 0 Å². The van der Waals surface area contributed by atoms with Crippen LogP contribution in [0.3, 0.4) is 0 Å². The second-order valence-corrected chi connectivity index (χ2v) is 4.78. The van der Waals surface area contributed by atoms with E-state index in [2.05, 4.69) is 19.2 Å². The molecule has 0 fully saturated rings. The topological polar surface area (TPSA) is 64.4 Å². The van der Waals surface area contributed by atoms with Gasteiger partial charge in [-0.1, -0.05) is 13.8 Å². The van der Waals surface area contributed by atoms with Crippen molar-refractivity contribution in [3.05, 3.63) is 28.3 Å². The first kappa shape index (κ1) is 14.3. The Morgan fingerprint density at radius 2 is 2.00 bits per heavy atom. The molecule has 0 aliphatic heterocycles. The van der Waals surface area contributed by atoms with Gasteiger partial charge >= 0.3 is 0 Å². The van der Waals surface area contributed by atoms with Gasteiger partial charge in [-0.25, -0.2) is 0 Å². The van der Waals surface area contributed by atoms with Crippen molar-refractivity contribution in [2.45, 2.75) is 33.3 Å². The molecule has 1 rings (SSSR count). The van der Waals surface area contributed by atoms with Crippen molar-refractivity contribution in [3.63, 3.8) is 0 Å². The number of nitrogens with one attached hydrogen (secondary N) is 1. The van der Waals surface area contributed by atoms with E-state index in [1.54, 1.807) is 13.1 Å². The summed E-state index contributed by atoms with van der Waals surface area (Å²) < 4.78 is 5.71. The second kappa shape index (κ2) is 6.23. The monoisotopic (exact) mass is 252 g/mol. The third-order valence-corrected chi connectivity index (χ3v) is 2.53. The maximum Gasteiger partial charge on any atom is 0.275 e. The predicted molar refractivity (Wildman–Crippen MR) is 72.2 cm³/mol. The standard InChI is InChI=1S/C13H20N2O3/c1-9(2)5-10(3)18-13-7-11(14-4)6-12(8-13)15(16)17/h6-10,14H,5H2,1-4H3. The molecule has 5 nitrogen and oxygen atoms in total. The van der Waals surface area contributed by atoms with Gasteiger partial charge in [0.25, 0.3) is 5.69 Å². The largest absolute Gasteiger partial charge is 0.490 e. The summed E-state index contributed by atoms with van der Waals surface area (Å²) in [7, 11) is 1.72. The summed E-state index contributed by atoms with van der Waals surface area (Å²) in [6.07, 6.45) is 0.953. The lowest BCUT2D eigenvalue weighted by Crippen LogP contribution is -2.14. The Labute approximate surface area is 107 Å². The van der Waals surface area contributed by atoms with Gasteiger partial charge in [0.2, 0.25) is 0 Å². The molecule has 1 N–H and O–H groups in total. The Balaban J connectivity index is 2.87. The quantitative estimate of drug-likeness (QED) is 0.622. The number of nitro groups is 1. The molecule has 1 atom stereocenters. The molecular formula is C13H20N2O3. The summed E-state index contributed by atoms with van der Waals surface area (Å²) in [5, 5.41) is 13.7. The molecule has 0 bridgehead atoms. The molecule has 0 spiro atoms. The first-order valence-electron chi connectivity index (χ1n) is 6.06. The van der Waals surface area contributed by atoms with Crippen LogP contribution in [0.25, 0.3) is 0 Å². The van der Waals surface area contributed by atoms with Crippen LogP contribution in [0.1, 0.15) is 27.2 Å². The Hall–Kier alpha value is -1.78. The van der Waals surface area contributed by atoms with Crippen molar-refractivity contribution in [1.29, 1.82) is 0 Å². The van der Waals surface area contributed by atoms with Crippen molar-refractivity contribution in [2.24, 2.45) is 5.92 Å². The first-order chi connectivity index (χ1) is 8.42. The van der Waals surface area contributed by atoms with E-state index in [0.717, 1.165) is 6.42 Å². The molecular weight excluding hydrogens is 232 g/mol. The number of ether oxygens (including phenoxy) is 1. The number of hydrogen-bond acceptors (Lipinski definition) is 4. The highest BCUT2D eigenvalue weighted by molar-refractivity contribution is 5.56. The number of hydrogen-bond donors (Lipinski definition) is 1. The van der Waals surface area contributed by atoms with Crippen LogP contribution in [0.15, 0.2) is 18.2 Å². The lowest BCUT2D eigenvalue weighted by Gasteiger charge is -2.17. The molecule has 1 aromatic carbocycles. The third-order valence-electron chi connectivity index (χ3n) is 2.53. The second-order valence-electron chi connectivity index (χ2n) is 4.78. The minimum absolute atomic E-state index is 0.0357. The Bertz CT molecular complexity index is 419. The van der Waals surface area contributed by atoms with Crippen molar-refractivity contribution >= 4 is 11.4 Å². The molecule has 0 amide bonds. The van der Waals surface area contributed by atoms with E-state index in [9.17, 15) is 10.1 Å². The van der Waals surface area contributed by atoms with Crippen LogP contribution in [0, 0.1) is 16.0 Å². The number of nitrogens with zero attached hydrogens (tertiary/aromatic N) is 1. The molecule has 0 radical (unpaired) electrons. The van der Waals surface area contributed by atoms with Crippen LogP contribution in [0.4, 0.5) is 11.4 Å². The maximum absolute atomic E-state index is 10.8. The van der Waals surface area contributed by atoms with E-state index >= 15 is 0 Å². The fourth-order valence-electron chi connectivity index (χ4n) is 1.85. The average Bonchev–Trinajstić information content (AvgIpc) is 2.27. The lowest BCUT2D eigenvalue weighted by molar-refractivity contribution is -0.384. The van der Waals surface area contributed by atoms with Crippen molar-refractivity contribution < 1.29 is 9.66 Å². The van der Waals surface area contributed by atoms with E-state index in [-0.39, 0.29) is 11.8 Å². The summed E-state index contributed by atoms with van der Waals surface area (Å²) in [4.78, 5) is 10.4. The summed E-state index contributed by atoms with van der Waals surface area (Å²) in [5.41, 5.74) is 0.713. The summed E-state index contributed by atoms with van der Waals surface area (Å²) in [5.74, 6) is 1.06. The molecule has 1 aromatic rings. The van der Waals surface area contributed by atoms with E-state index in [1.165, 1.54) is 12.1 Å². The summed E-state index contributed by atoms with van der Waals surface area (Å²) in [6.45, 7) is 6.20. The minimum atomic E-state index is -0.416. The minimum Gasteiger partial charge on any atom is -0.490 e. The molecule has 18 heavy (non-hydrogen) atoms. The zero-order valence-corrected chi connectivity index (χ0v) is 11.3. The van der Waals surface area contributed by atoms with Crippen molar-refractivity contribution in [3.8, 4) is 5.75 Å². The lowest BCUT2D eigenvalue weighted by atomic mass is 10.1. The van der Waals surface area contributed by atoms with Gasteiger partial charge in [-0.15, -0.1) is 0 Å². The zero-order chi connectivity index (χ0) is 13.7. The van der Waals surface area contributed by atoms with Crippen molar-refractivity contribution in [2.75, 3.05) is 12.4 Å². The van der Waals surface area contributed by atoms with Gasteiger partial charge in [0.05, 0.1) is 17.1 Å². The van der Waals surface area contributed by atoms with E-state index in [1.807, 2.05) is 6.92 Å². The highest BCUT2D eigenvalue weighted by Gasteiger charge is 2.13. The average molecular weight is 252 g/mol. The molecule has 0 heterocycles. The fourth-order valence-corrected chi connectivity index (χ4v) is 1.85. The number of nitro benzene ring substituents is 1. The SMILES string of the molecule is CNc1cc(OC(C)CC(C)C)cc([N+](=O)[O-])c1. The van der Waals surface area contributed by atoms with Gasteiger partial charge in [0.1, 0.15) is 5.75 Å². The summed E-state index contributed by atoms with van der Waals surface area (Å²) >= 11 is 0. The molecule has 0 aliphatic rings. The normalized spacial score (nSPS) is 12.3. The van der Waals surface area contributed by atoms with Gasteiger partial charge in [-0.3, -0.25) is 10.1 Å². The van der Waals surface area contributed by atoms with Crippen LogP contribution < -0.4 is 10.1 Å². The van der Waals surface area contributed by atoms with Crippen LogP contribution in [0.2, 0.25) is 0 Å². The molecule has 1 unspecified atom stereocenters. The van der Waals surface area contributed by atoms with Crippen molar-refractivity contribution in [1.82, 2.24) is 0 Å². The Morgan fingerprint density at radius 1 is 1.33 bits per heavy atom. The highest BCUT2D eigenvalue weighted by Crippen LogP contribution is 2.27. The van der Waals surface area contributed by atoms with E-state index < -0.39 is 4.92 Å². The number of anilines is 1. The summed E-state index contributed by atoms with van der Waals surface area (Å²) in [6, 6.07) is 4.71. The molecule has 0 saturated heterocycles. The molecule has 100 valence electrons. The van der Waals surface area contributed by atoms with Gasteiger partial charge in [-0.05, 0) is 19.3 Å². The van der Waals surface area contributed by atoms with Crippen LogP contribution in [-0.4, -0.2) is 18.1 Å². The molecule has 5 heteroatoms. The smallest absolute Gasteiger partial charge is 0.275 e. The Kier molecular flexibility index (Phi) is 4.95. The molecule has 0 saturated carbocycles. The number of benzene rings is 1. The van der Waals surface area contributed by atoms with Crippen LogP contribution in [-0.2, 0) is 0 Å². The predicted octanol–water partition coefficient (Wildman–Crippen LogP) is 3.45.